The third-order valence-electron chi connectivity index (χ3n) is 7.52. The van der Waals surface area contributed by atoms with Crippen LogP contribution in [0.15, 0.2) is 30.4 Å². The third kappa shape index (κ3) is 4.63. The molecular weight excluding hydrogens is 397 g/mol. The van der Waals surface area contributed by atoms with E-state index in [4.69, 9.17) is 4.74 Å². The third-order valence-corrected chi connectivity index (χ3v) is 7.52. The predicted molar refractivity (Wildman–Crippen MR) is 120 cm³/mol. The van der Waals surface area contributed by atoms with Gasteiger partial charge in [-0.05, 0) is 85.8 Å². The number of fused-ring (bicyclic) bond motifs is 2. The number of hydrogen-bond acceptors (Lipinski definition) is 1. The van der Waals surface area contributed by atoms with E-state index in [9.17, 15) is 13.2 Å². The molecule has 2 saturated carbocycles. The Hall–Kier alpha value is -1.97. The maximum absolute atomic E-state index is 14.9. The lowest BCUT2D eigenvalue weighted by molar-refractivity contribution is 0.114. The van der Waals surface area contributed by atoms with Gasteiger partial charge in [-0.25, -0.2) is 8.78 Å². The van der Waals surface area contributed by atoms with Crippen molar-refractivity contribution in [3.05, 3.63) is 53.4 Å². The minimum Gasteiger partial charge on any atom is -0.486 e. The first-order valence-electron chi connectivity index (χ1n) is 11.9. The Morgan fingerprint density at radius 3 is 2.52 bits per heavy atom. The Balaban J connectivity index is 1.58. The van der Waals surface area contributed by atoms with Gasteiger partial charge in [0.1, 0.15) is 12.4 Å². The lowest BCUT2D eigenvalue weighted by Gasteiger charge is -2.42. The van der Waals surface area contributed by atoms with Crippen molar-refractivity contribution in [2.45, 2.75) is 71.1 Å². The fraction of sp³-hybridized carbons (Fsp3) is 0.556. The van der Waals surface area contributed by atoms with Crippen LogP contribution in [0.5, 0.6) is 5.75 Å². The number of halogens is 3. The van der Waals surface area contributed by atoms with Gasteiger partial charge in [-0.15, -0.1) is 0 Å². The molecule has 31 heavy (non-hydrogen) atoms. The summed E-state index contributed by atoms with van der Waals surface area (Å²) in [7, 11) is 0. The Kier molecular flexibility index (Phi) is 6.93. The van der Waals surface area contributed by atoms with Crippen LogP contribution >= 0.6 is 0 Å². The van der Waals surface area contributed by atoms with Crippen molar-refractivity contribution in [2.24, 2.45) is 17.8 Å². The molecule has 0 aliphatic heterocycles. The Labute approximate surface area is 183 Å². The molecule has 2 aromatic carbocycles. The van der Waals surface area contributed by atoms with Gasteiger partial charge in [-0.3, -0.25) is 0 Å². The van der Waals surface area contributed by atoms with Crippen molar-refractivity contribution < 1.29 is 17.9 Å². The van der Waals surface area contributed by atoms with Gasteiger partial charge in [0.15, 0.2) is 11.6 Å². The SMILES string of the molecule is CC=CCOc1cc2cc(C3CCC4CC(CCC)CCC4C3)cc(F)c2c(F)c1F. The van der Waals surface area contributed by atoms with E-state index in [-0.39, 0.29) is 23.7 Å². The maximum Gasteiger partial charge on any atom is 0.201 e. The first-order chi connectivity index (χ1) is 15.0. The first kappa shape index (κ1) is 22.2. The van der Waals surface area contributed by atoms with E-state index in [0.29, 0.717) is 11.3 Å². The van der Waals surface area contributed by atoms with Gasteiger partial charge in [0, 0.05) is 0 Å². The summed E-state index contributed by atoms with van der Waals surface area (Å²) in [5.41, 5.74) is 0.907. The van der Waals surface area contributed by atoms with Gasteiger partial charge in [-0.2, -0.15) is 4.39 Å². The van der Waals surface area contributed by atoms with Crippen LogP contribution in [0.1, 0.15) is 76.7 Å². The van der Waals surface area contributed by atoms with Gasteiger partial charge < -0.3 is 4.74 Å². The highest BCUT2D eigenvalue weighted by molar-refractivity contribution is 5.86. The minimum atomic E-state index is -1.17. The fourth-order valence-electron chi connectivity index (χ4n) is 5.95. The summed E-state index contributed by atoms with van der Waals surface area (Å²) < 4.78 is 49.2. The molecule has 0 saturated heterocycles. The second-order valence-electron chi connectivity index (χ2n) is 9.48. The quantitative estimate of drug-likeness (QED) is 0.419. The van der Waals surface area contributed by atoms with Crippen molar-refractivity contribution in [3.63, 3.8) is 0 Å². The number of benzene rings is 2. The number of rotatable bonds is 6. The molecule has 168 valence electrons. The van der Waals surface area contributed by atoms with Crippen molar-refractivity contribution in [1.82, 2.24) is 0 Å². The topological polar surface area (TPSA) is 9.23 Å². The van der Waals surface area contributed by atoms with Gasteiger partial charge in [-0.1, -0.05) is 44.4 Å². The zero-order valence-electron chi connectivity index (χ0n) is 18.6. The predicted octanol–water partition coefficient (Wildman–Crippen LogP) is 8.31. The average molecular weight is 431 g/mol. The molecule has 4 atom stereocenters. The molecule has 4 heteroatoms. The van der Waals surface area contributed by atoms with Crippen LogP contribution < -0.4 is 4.74 Å². The summed E-state index contributed by atoms with van der Waals surface area (Å²) in [5.74, 6) is -0.498. The van der Waals surface area contributed by atoms with Gasteiger partial charge in [0.2, 0.25) is 5.82 Å². The zero-order valence-corrected chi connectivity index (χ0v) is 18.6. The number of ether oxygens (including phenoxy) is 1. The van der Waals surface area contributed by atoms with Crippen LogP contribution in [0, 0.1) is 35.2 Å². The van der Waals surface area contributed by atoms with Crippen molar-refractivity contribution in [2.75, 3.05) is 6.61 Å². The van der Waals surface area contributed by atoms with E-state index >= 15 is 0 Å². The lowest BCUT2D eigenvalue weighted by atomic mass is 9.63. The second-order valence-corrected chi connectivity index (χ2v) is 9.48. The monoisotopic (exact) mass is 430 g/mol. The molecule has 0 amide bonds. The van der Waals surface area contributed by atoms with Gasteiger partial charge >= 0.3 is 0 Å². The van der Waals surface area contributed by atoms with E-state index in [1.54, 1.807) is 12.2 Å². The average Bonchev–Trinajstić information content (AvgIpc) is 2.76. The van der Waals surface area contributed by atoms with Crippen LogP contribution in [0.3, 0.4) is 0 Å². The normalized spacial score (nSPS) is 26.4. The zero-order chi connectivity index (χ0) is 22.0. The van der Waals surface area contributed by atoms with Crippen LogP contribution in [0.2, 0.25) is 0 Å². The van der Waals surface area contributed by atoms with Crippen LogP contribution in [0.25, 0.3) is 10.8 Å². The molecule has 0 heterocycles. The molecule has 0 aromatic heterocycles. The summed E-state index contributed by atoms with van der Waals surface area (Å²) in [4.78, 5) is 0. The Bertz CT molecular complexity index is 951. The molecule has 0 N–H and O–H groups in total. The molecule has 2 aromatic rings. The summed E-state index contributed by atoms with van der Waals surface area (Å²) in [6.45, 7) is 4.24. The molecule has 4 rings (SSSR count). The van der Waals surface area contributed by atoms with Crippen molar-refractivity contribution in [3.8, 4) is 5.75 Å². The lowest BCUT2D eigenvalue weighted by Crippen LogP contribution is -2.30. The molecule has 2 aliphatic carbocycles. The standard InChI is InChI=1S/C27H33F3O/c1-3-5-11-31-24-16-22-14-21(15-23(28)25(22)27(30)26(24)29)20-10-9-18-12-17(6-4-2)7-8-19(18)13-20/h3,5,14-20H,4,6-13H2,1-2H3. The van der Waals surface area contributed by atoms with Crippen LogP contribution in [0.4, 0.5) is 13.2 Å². The summed E-state index contributed by atoms with van der Waals surface area (Å²) in [5, 5.41) is 0.0894. The highest BCUT2D eigenvalue weighted by Crippen LogP contribution is 2.49. The molecular formula is C27H33F3O. The molecule has 1 nitrogen and oxygen atoms in total. The van der Waals surface area contributed by atoms with E-state index in [1.807, 2.05) is 13.0 Å². The largest absolute Gasteiger partial charge is 0.486 e. The minimum absolute atomic E-state index is 0.144. The first-order valence-corrected chi connectivity index (χ1v) is 11.9. The van der Waals surface area contributed by atoms with Gasteiger partial charge in [0.05, 0.1) is 5.39 Å². The highest BCUT2D eigenvalue weighted by Gasteiger charge is 2.36. The summed E-state index contributed by atoms with van der Waals surface area (Å²) >= 11 is 0. The van der Waals surface area contributed by atoms with Crippen molar-refractivity contribution >= 4 is 10.8 Å². The molecule has 0 bridgehead atoms. The molecule has 4 unspecified atom stereocenters. The number of hydrogen-bond donors (Lipinski definition) is 0. The van der Waals surface area contributed by atoms with E-state index in [0.717, 1.165) is 30.2 Å². The fourth-order valence-corrected chi connectivity index (χ4v) is 5.95. The summed E-state index contributed by atoms with van der Waals surface area (Å²) in [6.07, 6.45) is 13.3. The Morgan fingerprint density at radius 1 is 0.968 bits per heavy atom. The maximum atomic E-state index is 14.9. The van der Waals surface area contributed by atoms with Gasteiger partial charge in [0.25, 0.3) is 0 Å². The van der Waals surface area contributed by atoms with Crippen molar-refractivity contribution in [1.29, 1.82) is 0 Å². The van der Waals surface area contributed by atoms with Crippen LogP contribution in [-0.4, -0.2) is 6.61 Å². The van der Waals surface area contributed by atoms with E-state index in [2.05, 4.69) is 6.92 Å². The highest BCUT2D eigenvalue weighted by atomic mass is 19.2. The molecule has 2 fully saturated rings. The van der Waals surface area contributed by atoms with E-state index < -0.39 is 17.5 Å². The Morgan fingerprint density at radius 2 is 1.74 bits per heavy atom. The van der Waals surface area contributed by atoms with Crippen LogP contribution in [-0.2, 0) is 0 Å². The summed E-state index contributed by atoms with van der Waals surface area (Å²) in [6, 6.07) is 4.71. The second kappa shape index (κ2) is 9.67. The molecule has 0 radical (unpaired) electrons. The smallest absolute Gasteiger partial charge is 0.201 e. The number of allylic oxidation sites excluding steroid dienone is 1. The molecule has 2 aliphatic rings. The van der Waals surface area contributed by atoms with E-state index in [1.165, 1.54) is 50.7 Å². The molecule has 0 spiro atoms.